The second-order valence-corrected chi connectivity index (χ2v) is 13.8. The number of piperidine rings is 1. The molecule has 2 aromatic rings. The third-order valence-electron chi connectivity index (χ3n) is 5.71. The summed E-state index contributed by atoms with van der Waals surface area (Å²) in [6.07, 6.45) is 2.78. The molecule has 0 radical (unpaired) electrons. The zero-order valence-corrected chi connectivity index (χ0v) is 23.6. The van der Waals surface area contributed by atoms with Crippen LogP contribution in [0.15, 0.2) is 57.5 Å². The number of benzene rings is 1. The summed E-state index contributed by atoms with van der Waals surface area (Å²) in [5.41, 5.74) is -0.997. The molecule has 1 aromatic heterocycles. The van der Waals surface area contributed by atoms with Crippen LogP contribution in [0.4, 0.5) is 4.39 Å². The molecule has 0 spiro atoms. The van der Waals surface area contributed by atoms with E-state index < -0.39 is 43.9 Å². The minimum absolute atomic E-state index is 0.0469. The van der Waals surface area contributed by atoms with Crippen LogP contribution in [0.5, 0.6) is 0 Å². The van der Waals surface area contributed by atoms with Crippen LogP contribution in [0.25, 0.3) is 11.1 Å². The summed E-state index contributed by atoms with van der Waals surface area (Å²) >= 11 is 9.59. The van der Waals surface area contributed by atoms with E-state index >= 15 is 4.39 Å². The molecule has 8 nitrogen and oxygen atoms in total. The third kappa shape index (κ3) is 7.34. The molecule has 1 aliphatic rings. The Hall–Kier alpha value is -1.86. The van der Waals surface area contributed by atoms with Gasteiger partial charge in [0.2, 0.25) is 15.9 Å². The van der Waals surface area contributed by atoms with Crippen LogP contribution in [0.1, 0.15) is 26.2 Å². The number of pyridine rings is 1. The minimum Gasteiger partial charge on any atom is -0.350 e. The molecule has 2 heterocycles. The molecule has 196 valence electrons. The maximum absolute atomic E-state index is 15.4. The smallest absolute Gasteiger partial charge is 0.245 e. The second-order valence-electron chi connectivity index (χ2n) is 8.73. The lowest BCUT2D eigenvalue weighted by atomic mass is 9.90. The zero-order chi connectivity index (χ0) is 26.7. The van der Waals surface area contributed by atoms with E-state index in [-0.39, 0.29) is 30.8 Å². The molecule has 0 unspecified atom stereocenters. The van der Waals surface area contributed by atoms with Gasteiger partial charge in [0.25, 0.3) is 0 Å². The van der Waals surface area contributed by atoms with Gasteiger partial charge in [-0.05, 0) is 47.8 Å². The Bertz CT molecular complexity index is 1380. The zero-order valence-electron chi connectivity index (χ0n) is 19.6. The highest BCUT2D eigenvalue weighted by atomic mass is 79.9. The molecule has 1 fully saturated rings. The number of nitrogens with zero attached hydrogens (tertiary/aromatic N) is 2. The van der Waals surface area contributed by atoms with Crippen molar-refractivity contribution >= 4 is 53.3 Å². The average Bonchev–Trinajstić information content (AvgIpc) is 2.77. The van der Waals surface area contributed by atoms with Gasteiger partial charge in [0.1, 0.15) is 15.2 Å². The maximum Gasteiger partial charge on any atom is 0.245 e. The summed E-state index contributed by atoms with van der Waals surface area (Å²) in [5, 5.41) is 3.89. The maximum atomic E-state index is 15.4. The highest BCUT2D eigenvalue weighted by Gasteiger charge is 2.41. The number of sulfonamides is 1. The predicted octanol–water partition coefficient (Wildman–Crippen LogP) is 4.11. The number of hydrogen-bond donors (Lipinski definition) is 1. The molecule has 1 atom stereocenters. The molecule has 36 heavy (non-hydrogen) atoms. The van der Waals surface area contributed by atoms with Crippen LogP contribution in [0.3, 0.4) is 0 Å². The van der Waals surface area contributed by atoms with Gasteiger partial charge in [0.05, 0.1) is 6.42 Å². The van der Waals surface area contributed by atoms with Crippen molar-refractivity contribution in [2.24, 2.45) is 0 Å². The van der Waals surface area contributed by atoms with Crippen LogP contribution < -0.4 is 5.32 Å². The lowest BCUT2D eigenvalue weighted by Gasteiger charge is -2.35. The van der Waals surface area contributed by atoms with Crippen molar-refractivity contribution in [3.05, 3.63) is 57.6 Å². The third-order valence-corrected chi connectivity index (χ3v) is 9.06. The molecular weight excluding hydrogens is 597 g/mol. The first-order valence-corrected chi connectivity index (χ1v) is 15.5. The van der Waals surface area contributed by atoms with Crippen molar-refractivity contribution in [1.29, 1.82) is 0 Å². The first kappa shape index (κ1) is 28.7. The van der Waals surface area contributed by atoms with E-state index in [0.29, 0.717) is 20.8 Å². The van der Waals surface area contributed by atoms with E-state index in [9.17, 15) is 21.6 Å². The fourth-order valence-electron chi connectivity index (χ4n) is 3.86. The fraction of sp³-hybridized carbons (Fsp3) is 0.391. The molecule has 1 N–H and O–H groups in total. The number of amides is 1. The molecule has 0 saturated carbocycles. The Kier molecular flexibility index (Phi) is 8.98. The summed E-state index contributed by atoms with van der Waals surface area (Å²) in [6.45, 7) is 1.34. The van der Waals surface area contributed by atoms with E-state index in [1.165, 1.54) is 16.6 Å². The lowest BCUT2D eigenvalue weighted by molar-refractivity contribution is -0.125. The highest BCUT2D eigenvalue weighted by molar-refractivity contribution is 9.10. The van der Waals surface area contributed by atoms with Gasteiger partial charge in [0, 0.05) is 53.1 Å². The summed E-state index contributed by atoms with van der Waals surface area (Å²) in [5.74, 6) is -0.586. The Balaban J connectivity index is 1.72. The van der Waals surface area contributed by atoms with Crippen LogP contribution >= 0.6 is 27.5 Å². The molecule has 1 aromatic carbocycles. The molecule has 1 aliphatic heterocycles. The Morgan fingerprint density at radius 2 is 1.89 bits per heavy atom. The van der Waals surface area contributed by atoms with E-state index in [0.717, 1.165) is 11.7 Å². The van der Waals surface area contributed by atoms with Crippen LogP contribution in [0, 0.1) is 0 Å². The van der Waals surface area contributed by atoms with Gasteiger partial charge in [-0.1, -0.05) is 35.9 Å². The van der Waals surface area contributed by atoms with Gasteiger partial charge in [-0.25, -0.2) is 26.2 Å². The van der Waals surface area contributed by atoms with Crippen molar-refractivity contribution in [1.82, 2.24) is 14.6 Å². The van der Waals surface area contributed by atoms with Gasteiger partial charge in [-0.3, -0.25) is 4.79 Å². The summed E-state index contributed by atoms with van der Waals surface area (Å²) in [4.78, 5) is 16.4. The number of rotatable bonds is 8. The first-order valence-electron chi connectivity index (χ1n) is 11.0. The number of nitrogens with one attached hydrogen (secondary N) is 1. The van der Waals surface area contributed by atoms with Gasteiger partial charge in [-0.15, -0.1) is 0 Å². The SMILES string of the molecule is C[C@H](/C=C\S(C)(=O)=O)NC(=O)CC1(F)CCN(S(=O)(=O)c2cnc(Br)cc2-c2ccccc2Cl)CC1. The van der Waals surface area contributed by atoms with Gasteiger partial charge in [-0.2, -0.15) is 4.31 Å². The monoisotopic (exact) mass is 621 g/mol. The Morgan fingerprint density at radius 1 is 1.25 bits per heavy atom. The van der Waals surface area contributed by atoms with Crippen LogP contribution in [-0.2, 0) is 24.7 Å². The number of hydrogen-bond acceptors (Lipinski definition) is 6. The van der Waals surface area contributed by atoms with E-state index in [1.54, 1.807) is 37.3 Å². The lowest BCUT2D eigenvalue weighted by Crippen LogP contribution is -2.47. The average molecular weight is 623 g/mol. The number of carbonyl (C=O) groups is 1. The van der Waals surface area contributed by atoms with Crippen molar-refractivity contribution in [2.75, 3.05) is 19.3 Å². The Labute approximate surface area is 224 Å². The van der Waals surface area contributed by atoms with E-state index in [2.05, 4.69) is 26.2 Å². The molecule has 3 rings (SSSR count). The number of alkyl halides is 1. The number of aromatic nitrogens is 1. The number of carbonyl (C=O) groups excluding carboxylic acids is 1. The standard InChI is InChI=1S/C23H26BrClFN3O5S2/c1-16(7-12-35(2,31)32)28-22(30)14-23(26)8-10-29(11-9-23)36(33,34)20-15-27-21(24)13-18(20)17-5-3-4-6-19(17)25/h3-7,12-13,15-16H,8-11,14H2,1-2H3,(H,28,30)/b12-7-/t16-/m1/s1. The number of sulfone groups is 1. The van der Waals surface area contributed by atoms with E-state index in [4.69, 9.17) is 11.6 Å². The van der Waals surface area contributed by atoms with Crippen molar-refractivity contribution in [2.45, 2.75) is 42.8 Å². The number of halogens is 3. The predicted molar refractivity (Wildman–Crippen MR) is 140 cm³/mol. The topological polar surface area (TPSA) is 114 Å². The first-order chi connectivity index (χ1) is 16.7. The molecule has 0 aliphatic carbocycles. The van der Waals surface area contributed by atoms with Gasteiger partial charge >= 0.3 is 0 Å². The largest absolute Gasteiger partial charge is 0.350 e. The quantitative estimate of drug-likeness (QED) is 0.444. The van der Waals surface area contributed by atoms with Crippen molar-refractivity contribution in [3.8, 4) is 11.1 Å². The summed E-state index contributed by atoms with van der Waals surface area (Å²) in [6, 6.07) is 7.80. The van der Waals surface area contributed by atoms with Crippen molar-refractivity contribution in [3.63, 3.8) is 0 Å². The summed E-state index contributed by atoms with van der Waals surface area (Å²) < 4.78 is 66.5. The minimum atomic E-state index is -4.04. The summed E-state index contributed by atoms with van der Waals surface area (Å²) in [7, 11) is -7.38. The van der Waals surface area contributed by atoms with Crippen molar-refractivity contribution < 1.29 is 26.0 Å². The van der Waals surface area contributed by atoms with Crippen LogP contribution in [-0.4, -0.2) is 63.1 Å². The molecule has 0 bridgehead atoms. The van der Waals surface area contributed by atoms with Gasteiger partial charge < -0.3 is 5.32 Å². The van der Waals surface area contributed by atoms with Crippen LogP contribution in [0.2, 0.25) is 5.02 Å². The molecule has 13 heteroatoms. The fourth-order valence-corrected chi connectivity index (χ4v) is 6.52. The highest BCUT2D eigenvalue weighted by Crippen LogP contribution is 2.37. The van der Waals surface area contributed by atoms with Gasteiger partial charge in [0.15, 0.2) is 9.84 Å². The second kappa shape index (κ2) is 11.3. The normalized spacial score (nSPS) is 17.7. The molecule has 1 amide bonds. The molecule has 1 saturated heterocycles. The molecular formula is C23H26BrClFN3O5S2. The Morgan fingerprint density at radius 3 is 2.50 bits per heavy atom. The van der Waals surface area contributed by atoms with E-state index in [1.807, 2.05) is 0 Å².